The van der Waals surface area contributed by atoms with Crippen LogP contribution in [0.15, 0.2) is 46.4 Å². The summed E-state index contributed by atoms with van der Waals surface area (Å²) in [7, 11) is 0. The zero-order valence-electron chi connectivity index (χ0n) is 22.1. The molecule has 0 aliphatic heterocycles. The monoisotopic (exact) mass is 432 g/mol. The zero-order chi connectivity index (χ0) is 24.0. The van der Waals surface area contributed by atoms with Crippen LogP contribution in [0.1, 0.15) is 128 Å². The fourth-order valence-corrected chi connectivity index (χ4v) is 3.95. The molecular weight excluding hydrogens is 388 g/mol. The van der Waals surface area contributed by atoms with E-state index < -0.39 is 0 Å². The van der Waals surface area contributed by atoms with E-state index in [2.05, 4.69) is 106 Å². The number of aliphatic imine (C=N–C) groups is 2. The van der Waals surface area contributed by atoms with Gasteiger partial charge in [-0.15, -0.1) is 0 Å². The molecule has 2 heteroatoms. The molecule has 2 rings (SSSR count). The summed E-state index contributed by atoms with van der Waals surface area (Å²) in [5.41, 5.74) is 9.60. The average molecular weight is 433 g/mol. The van der Waals surface area contributed by atoms with Crippen molar-refractivity contribution in [3.05, 3.63) is 58.7 Å². The van der Waals surface area contributed by atoms with Gasteiger partial charge in [0.1, 0.15) is 0 Å². The van der Waals surface area contributed by atoms with Crippen molar-refractivity contribution in [1.82, 2.24) is 0 Å². The van der Waals surface area contributed by atoms with E-state index >= 15 is 0 Å². The molecule has 0 amide bonds. The summed E-state index contributed by atoms with van der Waals surface area (Å²) in [6.07, 6.45) is 1.98. The van der Waals surface area contributed by atoms with Gasteiger partial charge in [0.05, 0.1) is 22.8 Å². The van der Waals surface area contributed by atoms with Crippen molar-refractivity contribution in [3.8, 4) is 0 Å². The van der Waals surface area contributed by atoms with Crippen molar-refractivity contribution >= 4 is 22.8 Å². The van der Waals surface area contributed by atoms with Crippen molar-refractivity contribution in [2.24, 2.45) is 9.98 Å². The first kappa shape index (κ1) is 26.0. The number of benzene rings is 2. The first-order chi connectivity index (χ1) is 15.0. The quantitative estimate of drug-likeness (QED) is 0.352. The van der Waals surface area contributed by atoms with Crippen LogP contribution >= 0.6 is 0 Å². The molecule has 0 atom stereocenters. The summed E-state index contributed by atoms with van der Waals surface area (Å²) >= 11 is 0. The van der Waals surface area contributed by atoms with Crippen molar-refractivity contribution in [2.75, 3.05) is 0 Å². The SMILES string of the molecule is CCCC(=Nc1cc(C(C)C)ccc1C(C)C)C(C)=Nc1cc(C(C)C)ccc1C(C)C. The van der Waals surface area contributed by atoms with Gasteiger partial charge in [0, 0.05) is 0 Å². The Bertz CT molecular complexity index is 959. The van der Waals surface area contributed by atoms with Gasteiger partial charge in [0.2, 0.25) is 0 Å². The van der Waals surface area contributed by atoms with E-state index in [1.807, 2.05) is 0 Å². The fraction of sp³-hybridized carbons (Fsp3) is 0.533. The molecule has 0 heterocycles. The Morgan fingerprint density at radius 2 is 1.09 bits per heavy atom. The second-order valence-corrected chi connectivity index (χ2v) is 10.3. The molecule has 0 bridgehead atoms. The molecule has 0 N–H and O–H groups in total. The van der Waals surface area contributed by atoms with Gasteiger partial charge in [-0.25, -0.2) is 0 Å². The normalized spacial score (nSPS) is 13.2. The highest BCUT2D eigenvalue weighted by molar-refractivity contribution is 6.42. The van der Waals surface area contributed by atoms with Crippen LogP contribution in [-0.4, -0.2) is 11.4 Å². The lowest BCUT2D eigenvalue weighted by Crippen LogP contribution is -2.10. The molecule has 0 aromatic heterocycles. The molecule has 0 aliphatic carbocycles. The Balaban J connectivity index is 2.63. The lowest BCUT2D eigenvalue weighted by atomic mass is 9.95. The molecule has 2 nitrogen and oxygen atoms in total. The minimum absolute atomic E-state index is 0.435. The number of rotatable bonds is 9. The summed E-state index contributed by atoms with van der Waals surface area (Å²) in [5.74, 6) is 1.85. The second kappa shape index (κ2) is 11.6. The number of hydrogen-bond donors (Lipinski definition) is 0. The molecule has 2 aromatic carbocycles. The summed E-state index contributed by atoms with van der Waals surface area (Å²) in [5, 5.41) is 0. The first-order valence-corrected chi connectivity index (χ1v) is 12.5. The first-order valence-electron chi connectivity index (χ1n) is 12.5. The van der Waals surface area contributed by atoms with Gasteiger partial charge in [-0.1, -0.05) is 93.0 Å². The van der Waals surface area contributed by atoms with Crippen LogP contribution in [0.2, 0.25) is 0 Å². The topological polar surface area (TPSA) is 24.7 Å². The second-order valence-electron chi connectivity index (χ2n) is 10.3. The van der Waals surface area contributed by atoms with Crippen molar-refractivity contribution < 1.29 is 0 Å². The maximum absolute atomic E-state index is 5.23. The third-order valence-corrected chi connectivity index (χ3v) is 6.13. The Kier molecular flexibility index (Phi) is 9.43. The maximum atomic E-state index is 5.23. The molecular formula is C30H44N2. The predicted molar refractivity (Wildman–Crippen MR) is 144 cm³/mol. The molecule has 0 saturated heterocycles. The van der Waals surface area contributed by atoms with Crippen LogP contribution in [0.25, 0.3) is 0 Å². The fourth-order valence-electron chi connectivity index (χ4n) is 3.95. The van der Waals surface area contributed by atoms with Crippen LogP contribution in [0.5, 0.6) is 0 Å². The van der Waals surface area contributed by atoms with E-state index in [1.54, 1.807) is 0 Å². The Hall–Kier alpha value is -2.22. The molecule has 0 unspecified atom stereocenters. The lowest BCUT2D eigenvalue weighted by Gasteiger charge is -2.16. The number of nitrogens with zero attached hydrogens (tertiary/aromatic N) is 2. The Labute approximate surface area is 197 Å². The van der Waals surface area contributed by atoms with Crippen LogP contribution in [0.3, 0.4) is 0 Å². The van der Waals surface area contributed by atoms with Crippen molar-refractivity contribution in [2.45, 2.75) is 106 Å². The standard InChI is InChI=1S/C30H44N2/c1-11-12-28(32-30-18-25(20(4)5)14-16-27(30)22(8)9)23(10)31-29-17-24(19(2)3)13-15-26(29)21(6)7/h13-22H,11-12H2,1-10H3. The van der Waals surface area contributed by atoms with E-state index in [9.17, 15) is 0 Å². The van der Waals surface area contributed by atoms with E-state index in [-0.39, 0.29) is 0 Å². The molecule has 0 aliphatic rings. The minimum Gasteiger partial charge on any atom is -0.252 e. The van der Waals surface area contributed by atoms with Gasteiger partial charge in [0.25, 0.3) is 0 Å². The zero-order valence-corrected chi connectivity index (χ0v) is 22.1. The molecule has 0 saturated carbocycles. The lowest BCUT2D eigenvalue weighted by molar-refractivity contribution is 0.844. The molecule has 174 valence electrons. The summed E-state index contributed by atoms with van der Waals surface area (Å²) < 4.78 is 0. The number of hydrogen-bond acceptors (Lipinski definition) is 2. The van der Waals surface area contributed by atoms with Crippen LogP contribution in [0, 0.1) is 0 Å². The molecule has 0 radical (unpaired) electrons. The average Bonchev–Trinajstić information content (AvgIpc) is 2.72. The van der Waals surface area contributed by atoms with E-state index in [4.69, 9.17) is 9.98 Å². The summed E-state index contributed by atoms with van der Waals surface area (Å²) in [6.45, 7) is 22.3. The van der Waals surface area contributed by atoms with Gasteiger partial charge >= 0.3 is 0 Å². The van der Waals surface area contributed by atoms with Gasteiger partial charge in [-0.05, 0) is 71.4 Å². The molecule has 0 spiro atoms. The predicted octanol–water partition coefficient (Wildman–Crippen LogP) is 9.85. The highest BCUT2D eigenvalue weighted by Crippen LogP contribution is 2.33. The van der Waals surface area contributed by atoms with Crippen molar-refractivity contribution in [3.63, 3.8) is 0 Å². The van der Waals surface area contributed by atoms with Crippen LogP contribution in [-0.2, 0) is 0 Å². The highest BCUT2D eigenvalue weighted by Gasteiger charge is 2.14. The summed E-state index contributed by atoms with van der Waals surface area (Å²) in [6, 6.07) is 13.6. The van der Waals surface area contributed by atoms with Crippen molar-refractivity contribution in [1.29, 1.82) is 0 Å². The van der Waals surface area contributed by atoms with Crippen LogP contribution in [0.4, 0.5) is 11.4 Å². The minimum atomic E-state index is 0.435. The van der Waals surface area contributed by atoms with E-state index in [1.165, 1.54) is 22.3 Å². The van der Waals surface area contributed by atoms with Gasteiger partial charge < -0.3 is 0 Å². The highest BCUT2D eigenvalue weighted by atomic mass is 14.8. The third-order valence-electron chi connectivity index (χ3n) is 6.13. The summed E-state index contributed by atoms with van der Waals surface area (Å²) in [4.78, 5) is 10.4. The Morgan fingerprint density at radius 1 is 0.656 bits per heavy atom. The molecule has 2 aromatic rings. The van der Waals surface area contributed by atoms with E-state index in [0.29, 0.717) is 23.7 Å². The largest absolute Gasteiger partial charge is 0.252 e. The van der Waals surface area contributed by atoms with E-state index in [0.717, 1.165) is 35.6 Å². The Morgan fingerprint density at radius 3 is 1.47 bits per heavy atom. The van der Waals surface area contributed by atoms with Gasteiger partial charge in [0.15, 0.2) is 0 Å². The molecule has 0 fully saturated rings. The third kappa shape index (κ3) is 6.64. The maximum Gasteiger partial charge on any atom is 0.0671 e. The smallest absolute Gasteiger partial charge is 0.0671 e. The molecule has 32 heavy (non-hydrogen) atoms. The van der Waals surface area contributed by atoms with Gasteiger partial charge in [-0.2, -0.15) is 0 Å². The van der Waals surface area contributed by atoms with Gasteiger partial charge in [-0.3, -0.25) is 9.98 Å². The van der Waals surface area contributed by atoms with Crippen LogP contribution < -0.4 is 0 Å².